The lowest BCUT2D eigenvalue weighted by Crippen LogP contribution is -2.39. The van der Waals surface area contributed by atoms with Crippen molar-refractivity contribution in [3.05, 3.63) is 34.1 Å². The number of hydrogen-bond acceptors (Lipinski definition) is 1. The molecule has 2 unspecified atom stereocenters. The number of halogens is 3. The van der Waals surface area contributed by atoms with Crippen LogP contribution in [0.4, 0.5) is 4.39 Å². The fourth-order valence-corrected chi connectivity index (χ4v) is 2.77. The molecule has 1 saturated heterocycles. The van der Waals surface area contributed by atoms with E-state index in [-0.39, 0.29) is 11.2 Å². The standard InChI is InChI=1S/C13H16BrClFN/c1-9-4-5-17(8-12(9)15)7-10-2-3-11(14)6-13(10)16/h2-3,6,9,12H,4-5,7-8H2,1H3. The fraction of sp³-hybridized carbons (Fsp3) is 0.538. The molecule has 0 saturated carbocycles. The van der Waals surface area contributed by atoms with Gasteiger partial charge in [0.15, 0.2) is 0 Å². The molecule has 1 fully saturated rings. The van der Waals surface area contributed by atoms with Gasteiger partial charge in [0, 0.05) is 28.5 Å². The number of piperidine rings is 1. The van der Waals surface area contributed by atoms with Gasteiger partial charge in [-0.3, -0.25) is 4.90 Å². The molecule has 1 aliphatic heterocycles. The van der Waals surface area contributed by atoms with Crippen molar-refractivity contribution in [2.24, 2.45) is 5.92 Å². The largest absolute Gasteiger partial charge is 0.297 e. The van der Waals surface area contributed by atoms with Gasteiger partial charge in [0.2, 0.25) is 0 Å². The summed E-state index contributed by atoms with van der Waals surface area (Å²) in [6.07, 6.45) is 1.09. The van der Waals surface area contributed by atoms with Crippen molar-refractivity contribution in [1.82, 2.24) is 4.90 Å². The van der Waals surface area contributed by atoms with Crippen molar-refractivity contribution in [2.75, 3.05) is 13.1 Å². The van der Waals surface area contributed by atoms with Crippen LogP contribution >= 0.6 is 27.5 Å². The molecule has 1 aliphatic rings. The van der Waals surface area contributed by atoms with Gasteiger partial charge < -0.3 is 0 Å². The maximum atomic E-state index is 13.7. The highest BCUT2D eigenvalue weighted by Gasteiger charge is 2.24. The second-order valence-electron chi connectivity index (χ2n) is 4.75. The predicted octanol–water partition coefficient (Wildman–Crippen LogP) is 4.04. The molecular formula is C13H16BrClFN. The Morgan fingerprint density at radius 1 is 1.53 bits per heavy atom. The minimum Gasteiger partial charge on any atom is -0.297 e. The molecule has 0 amide bonds. The lowest BCUT2D eigenvalue weighted by atomic mass is 9.98. The highest BCUT2D eigenvalue weighted by molar-refractivity contribution is 9.10. The third-order valence-electron chi connectivity index (χ3n) is 3.36. The Hall–Kier alpha value is -0.120. The molecular weight excluding hydrogens is 305 g/mol. The number of likely N-dealkylation sites (tertiary alicyclic amines) is 1. The minimum absolute atomic E-state index is 0.149. The van der Waals surface area contributed by atoms with Crippen LogP contribution in [0, 0.1) is 11.7 Å². The van der Waals surface area contributed by atoms with Gasteiger partial charge in [0.1, 0.15) is 5.82 Å². The molecule has 1 nitrogen and oxygen atoms in total. The number of hydrogen-bond donors (Lipinski definition) is 0. The van der Waals surface area contributed by atoms with E-state index in [0.717, 1.165) is 29.5 Å². The molecule has 17 heavy (non-hydrogen) atoms. The van der Waals surface area contributed by atoms with Gasteiger partial charge >= 0.3 is 0 Å². The van der Waals surface area contributed by atoms with Crippen LogP contribution in [0.5, 0.6) is 0 Å². The van der Waals surface area contributed by atoms with Gasteiger partial charge in [-0.25, -0.2) is 4.39 Å². The third-order valence-corrected chi connectivity index (χ3v) is 4.42. The van der Waals surface area contributed by atoms with Crippen LogP contribution in [0.3, 0.4) is 0 Å². The summed E-state index contributed by atoms with van der Waals surface area (Å²) >= 11 is 9.51. The Morgan fingerprint density at radius 2 is 2.29 bits per heavy atom. The van der Waals surface area contributed by atoms with Crippen LogP contribution in [-0.4, -0.2) is 23.4 Å². The minimum atomic E-state index is -0.149. The average molecular weight is 321 g/mol. The molecule has 0 N–H and O–H groups in total. The number of alkyl halides is 1. The SMILES string of the molecule is CC1CCN(Cc2ccc(Br)cc2F)CC1Cl. The van der Waals surface area contributed by atoms with Crippen molar-refractivity contribution in [2.45, 2.75) is 25.3 Å². The first-order valence-electron chi connectivity index (χ1n) is 5.86. The van der Waals surface area contributed by atoms with Crippen molar-refractivity contribution in [3.63, 3.8) is 0 Å². The maximum absolute atomic E-state index is 13.7. The van der Waals surface area contributed by atoms with Crippen molar-refractivity contribution in [3.8, 4) is 0 Å². The summed E-state index contributed by atoms with van der Waals surface area (Å²) in [7, 11) is 0. The van der Waals surface area contributed by atoms with Crippen molar-refractivity contribution >= 4 is 27.5 Å². The molecule has 0 aromatic heterocycles. The van der Waals surface area contributed by atoms with Gasteiger partial charge in [-0.15, -0.1) is 11.6 Å². The van der Waals surface area contributed by atoms with E-state index in [1.54, 1.807) is 0 Å². The Bertz CT molecular complexity index is 399. The molecule has 4 heteroatoms. The summed E-state index contributed by atoms with van der Waals surface area (Å²) in [5.41, 5.74) is 0.742. The van der Waals surface area contributed by atoms with Crippen LogP contribution < -0.4 is 0 Å². The van der Waals surface area contributed by atoms with Gasteiger partial charge in [0.05, 0.1) is 0 Å². The van der Waals surface area contributed by atoms with E-state index < -0.39 is 0 Å². The predicted molar refractivity (Wildman–Crippen MR) is 72.8 cm³/mol. The zero-order valence-corrected chi connectivity index (χ0v) is 12.1. The first-order valence-corrected chi connectivity index (χ1v) is 7.09. The normalized spacial score (nSPS) is 26.1. The molecule has 1 heterocycles. The van der Waals surface area contributed by atoms with E-state index >= 15 is 0 Å². The molecule has 94 valence electrons. The quantitative estimate of drug-likeness (QED) is 0.744. The smallest absolute Gasteiger partial charge is 0.128 e. The van der Waals surface area contributed by atoms with E-state index in [1.165, 1.54) is 6.07 Å². The maximum Gasteiger partial charge on any atom is 0.128 e. The Kier molecular flexibility index (Phi) is 4.45. The van der Waals surface area contributed by atoms with Crippen molar-refractivity contribution in [1.29, 1.82) is 0 Å². The van der Waals surface area contributed by atoms with E-state index in [2.05, 4.69) is 27.8 Å². The second-order valence-corrected chi connectivity index (χ2v) is 6.23. The van der Waals surface area contributed by atoms with E-state index in [9.17, 15) is 4.39 Å². The number of nitrogens with zero attached hydrogens (tertiary/aromatic N) is 1. The zero-order chi connectivity index (χ0) is 12.4. The monoisotopic (exact) mass is 319 g/mol. The lowest BCUT2D eigenvalue weighted by molar-refractivity contribution is 0.187. The first kappa shape index (κ1) is 13.3. The van der Waals surface area contributed by atoms with Crippen LogP contribution in [0.25, 0.3) is 0 Å². The summed E-state index contributed by atoms with van der Waals surface area (Å²) in [6, 6.07) is 5.23. The molecule has 0 bridgehead atoms. The molecule has 2 rings (SSSR count). The van der Waals surface area contributed by atoms with Crippen LogP contribution in [0.2, 0.25) is 0 Å². The highest BCUT2D eigenvalue weighted by atomic mass is 79.9. The van der Waals surface area contributed by atoms with Crippen molar-refractivity contribution < 1.29 is 4.39 Å². The van der Waals surface area contributed by atoms with Crippen LogP contribution in [-0.2, 0) is 6.54 Å². The highest BCUT2D eigenvalue weighted by Crippen LogP contribution is 2.24. The molecule has 0 radical (unpaired) electrons. The fourth-order valence-electron chi connectivity index (χ4n) is 2.12. The summed E-state index contributed by atoms with van der Waals surface area (Å²) in [5, 5.41) is 0.183. The first-order chi connectivity index (χ1) is 8.06. The van der Waals surface area contributed by atoms with Crippen LogP contribution in [0.15, 0.2) is 22.7 Å². The Morgan fingerprint density at radius 3 is 2.94 bits per heavy atom. The van der Waals surface area contributed by atoms with Gasteiger partial charge in [0.25, 0.3) is 0 Å². The zero-order valence-electron chi connectivity index (χ0n) is 9.80. The van der Waals surface area contributed by atoms with Crippen LogP contribution in [0.1, 0.15) is 18.9 Å². The number of benzene rings is 1. The molecule has 1 aromatic rings. The third kappa shape index (κ3) is 3.43. The summed E-state index contributed by atoms with van der Waals surface area (Å²) in [5.74, 6) is 0.409. The lowest BCUT2D eigenvalue weighted by Gasteiger charge is -2.34. The molecule has 0 aliphatic carbocycles. The topological polar surface area (TPSA) is 3.24 Å². The van der Waals surface area contributed by atoms with Gasteiger partial charge in [-0.05, 0) is 31.0 Å². The summed E-state index contributed by atoms with van der Waals surface area (Å²) in [4.78, 5) is 2.23. The van der Waals surface area contributed by atoms with Gasteiger partial charge in [-0.1, -0.05) is 28.9 Å². The van der Waals surface area contributed by atoms with E-state index in [4.69, 9.17) is 11.6 Å². The Balaban J connectivity index is 2.01. The van der Waals surface area contributed by atoms with E-state index in [1.807, 2.05) is 12.1 Å². The second kappa shape index (κ2) is 5.68. The van der Waals surface area contributed by atoms with Gasteiger partial charge in [-0.2, -0.15) is 0 Å². The molecule has 2 atom stereocenters. The molecule has 1 aromatic carbocycles. The average Bonchev–Trinajstić information content (AvgIpc) is 2.27. The number of rotatable bonds is 2. The summed E-state index contributed by atoms with van der Waals surface area (Å²) < 4.78 is 14.5. The van der Waals surface area contributed by atoms with E-state index in [0.29, 0.717) is 12.5 Å². The Labute approximate surface area is 115 Å². The summed E-state index contributed by atoms with van der Waals surface area (Å²) in [6.45, 7) is 4.67. The molecule has 0 spiro atoms.